The second-order valence-corrected chi connectivity index (χ2v) is 14.8. The third-order valence-corrected chi connectivity index (χ3v) is 11.7. The molecule has 0 spiro atoms. The number of amides is 4. The van der Waals surface area contributed by atoms with E-state index < -0.39 is 41.5 Å². The van der Waals surface area contributed by atoms with Crippen molar-refractivity contribution in [3.63, 3.8) is 0 Å². The number of likely N-dealkylation sites (tertiary alicyclic amines) is 3. The van der Waals surface area contributed by atoms with Gasteiger partial charge in [-0.1, -0.05) is 30.3 Å². The summed E-state index contributed by atoms with van der Waals surface area (Å²) in [5, 5.41) is 33.2. The summed E-state index contributed by atoms with van der Waals surface area (Å²) >= 11 is 0. The largest absolute Gasteiger partial charge is 0.507 e. The van der Waals surface area contributed by atoms with Gasteiger partial charge in [0.2, 0.25) is 0 Å². The fourth-order valence-electron chi connectivity index (χ4n) is 8.57. The average Bonchev–Trinajstić information content (AvgIpc) is 3.31. The van der Waals surface area contributed by atoms with Crippen LogP contribution >= 0.6 is 0 Å². The van der Waals surface area contributed by atoms with Gasteiger partial charge in [0.05, 0.1) is 19.0 Å². The highest BCUT2D eigenvalue weighted by Gasteiger charge is 2.52. The molecule has 52 heavy (non-hydrogen) atoms. The Morgan fingerprint density at radius 1 is 0.923 bits per heavy atom. The van der Waals surface area contributed by atoms with Crippen LogP contribution in [0.1, 0.15) is 60.8 Å². The lowest BCUT2D eigenvalue weighted by atomic mass is 9.82. The van der Waals surface area contributed by atoms with Crippen LogP contribution in [0.5, 0.6) is 5.75 Å². The molecule has 6 rings (SSSR count). The SMILES string of the molecule is Cc1cc(C[C@@H](OC(=O)N2CCC(N3CCc4ccccc4NC3=O)CC2)C(=O)N2CCC(C(=O)O)([NH+]3CCC(C(=O)O)CC3)CC2)cc(C)c1O. The molecule has 0 radical (unpaired) electrons. The smallest absolute Gasteiger partial charge is 0.410 e. The Hall–Kier alpha value is -4.85. The third-order valence-electron chi connectivity index (χ3n) is 11.7. The molecule has 14 nitrogen and oxygen atoms in total. The van der Waals surface area contributed by atoms with E-state index in [0.717, 1.165) is 22.6 Å². The van der Waals surface area contributed by atoms with Crippen molar-refractivity contribution in [2.75, 3.05) is 51.1 Å². The highest BCUT2D eigenvalue weighted by atomic mass is 16.6. The lowest BCUT2D eigenvalue weighted by molar-refractivity contribution is -0.949. The minimum absolute atomic E-state index is 0.0568. The lowest BCUT2D eigenvalue weighted by Crippen LogP contribution is -3.22. The van der Waals surface area contributed by atoms with Crippen molar-refractivity contribution >= 4 is 35.7 Å². The molecule has 280 valence electrons. The number of hydrogen-bond acceptors (Lipinski definition) is 7. The van der Waals surface area contributed by atoms with E-state index in [1.807, 2.05) is 29.2 Å². The number of anilines is 1. The second kappa shape index (κ2) is 15.4. The molecule has 5 N–H and O–H groups in total. The van der Waals surface area contributed by atoms with E-state index in [-0.39, 0.29) is 50.2 Å². The first-order chi connectivity index (χ1) is 24.9. The van der Waals surface area contributed by atoms with Crippen LogP contribution < -0.4 is 10.2 Å². The van der Waals surface area contributed by atoms with Gasteiger partial charge in [-0.15, -0.1) is 0 Å². The Labute approximate surface area is 303 Å². The first-order valence-corrected chi connectivity index (χ1v) is 18.4. The van der Waals surface area contributed by atoms with Crippen LogP contribution in [0, 0.1) is 19.8 Å². The number of carboxylic acid groups (broad SMARTS) is 2. The molecule has 4 amide bonds. The summed E-state index contributed by atoms with van der Waals surface area (Å²) in [5.41, 5.74) is 2.75. The van der Waals surface area contributed by atoms with E-state index in [1.165, 1.54) is 0 Å². The number of carbonyl (C=O) groups excluding carboxylic acids is 3. The van der Waals surface area contributed by atoms with Crippen molar-refractivity contribution in [2.24, 2.45) is 5.92 Å². The van der Waals surface area contributed by atoms with Crippen LogP contribution in [0.25, 0.3) is 0 Å². The summed E-state index contributed by atoms with van der Waals surface area (Å²) < 4.78 is 6.00. The molecule has 0 unspecified atom stereocenters. The number of phenolic OH excluding ortho intramolecular Hbond substituents is 1. The summed E-state index contributed by atoms with van der Waals surface area (Å²) in [4.78, 5) is 71.0. The number of para-hydroxylation sites is 1. The molecule has 2 aromatic rings. The van der Waals surface area contributed by atoms with Gasteiger partial charge in [0.15, 0.2) is 11.6 Å². The van der Waals surface area contributed by atoms with Crippen LogP contribution in [0.15, 0.2) is 36.4 Å². The first kappa shape index (κ1) is 36.9. The number of phenols is 1. The zero-order valence-corrected chi connectivity index (χ0v) is 29.9. The zero-order chi connectivity index (χ0) is 37.2. The van der Waals surface area contributed by atoms with Gasteiger partial charge in [-0.05, 0) is 61.4 Å². The molecular weight excluding hydrogens is 670 g/mol. The topological polar surface area (TPSA) is 181 Å². The summed E-state index contributed by atoms with van der Waals surface area (Å²) in [6.45, 7) is 5.99. The van der Waals surface area contributed by atoms with Gasteiger partial charge < -0.3 is 45.0 Å². The van der Waals surface area contributed by atoms with Crippen molar-refractivity contribution in [3.05, 3.63) is 58.7 Å². The van der Waals surface area contributed by atoms with E-state index >= 15 is 0 Å². The number of carbonyl (C=O) groups is 5. The number of fused-ring (bicyclic) bond motifs is 1. The van der Waals surface area contributed by atoms with Gasteiger partial charge >= 0.3 is 24.1 Å². The van der Waals surface area contributed by atoms with Crippen LogP contribution in [0.4, 0.5) is 15.3 Å². The Balaban J connectivity index is 1.11. The lowest BCUT2D eigenvalue weighted by Gasteiger charge is -2.45. The number of piperidine rings is 3. The maximum atomic E-state index is 14.2. The number of aliphatic carboxylic acids is 2. The van der Waals surface area contributed by atoms with Gasteiger partial charge in [0.25, 0.3) is 5.91 Å². The number of quaternary nitrogens is 1. The predicted molar refractivity (Wildman–Crippen MR) is 189 cm³/mol. The summed E-state index contributed by atoms with van der Waals surface area (Å²) in [7, 11) is 0. The Kier molecular flexibility index (Phi) is 10.9. The van der Waals surface area contributed by atoms with E-state index in [4.69, 9.17) is 4.74 Å². The molecule has 0 aromatic heterocycles. The maximum absolute atomic E-state index is 14.2. The zero-order valence-electron chi connectivity index (χ0n) is 29.9. The first-order valence-electron chi connectivity index (χ1n) is 18.4. The number of rotatable bonds is 8. The third kappa shape index (κ3) is 7.67. The Bertz CT molecular complexity index is 1670. The summed E-state index contributed by atoms with van der Waals surface area (Å²) in [6.07, 6.45) is 1.32. The Morgan fingerprint density at radius 3 is 2.17 bits per heavy atom. The molecule has 0 bridgehead atoms. The van der Waals surface area contributed by atoms with Gasteiger partial charge in [-0.2, -0.15) is 0 Å². The number of benzene rings is 2. The fraction of sp³-hybridized carbons (Fsp3) is 0.553. The minimum atomic E-state index is -1.18. The van der Waals surface area contributed by atoms with E-state index in [0.29, 0.717) is 75.1 Å². The van der Waals surface area contributed by atoms with E-state index in [2.05, 4.69) is 5.32 Å². The molecule has 0 saturated carbocycles. The van der Waals surface area contributed by atoms with Crippen LogP contribution in [-0.2, 0) is 32.0 Å². The van der Waals surface area contributed by atoms with Gasteiger partial charge in [-0.3, -0.25) is 9.59 Å². The number of hydrogen-bond donors (Lipinski definition) is 5. The molecular formula is C38H50N5O9+. The standard InChI is InChI=1S/C38H49N5O9/c1-24-21-26(22-25(2)32(24)44)23-31(33(45)40-19-12-38(13-20-40,35(48)49)42-16-7-28(8-17-42)34(46)47)52-37(51)41-14-10-29(11-15-41)43-18-9-27-5-3-4-6-30(27)39-36(43)50/h3-6,21-22,28-29,31,44H,7-20,23H2,1-2H3,(H,39,50)(H,46,47)(H,48,49)/p+1/t31-/m1/s1. The van der Waals surface area contributed by atoms with Crippen LogP contribution in [-0.4, -0.2) is 123 Å². The molecule has 4 aliphatic rings. The summed E-state index contributed by atoms with van der Waals surface area (Å²) in [5.74, 6) is -2.54. The van der Waals surface area contributed by atoms with E-state index in [1.54, 1.807) is 35.8 Å². The van der Waals surface area contributed by atoms with E-state index in [9.17, 15) is 39.3 Å². The van der Waals surface area contributed by atoms with Crippen molar-refractivity contribution < 1.29 is 48.9 Å². The van der Waals surface area contributed by atoms with Crippen LogP contribution in [0.3, 0.4) is 0 Å². The minimum Gasteiger partial charge on any atom is -0.507 e. The van der Waals surface area contributed by atoms with Gasteiger partial charge in [0.1, 0.15) is 5.75 Å². The number of ether oxygens (including phenoxy) is 1. The second-order valence-electron chi connectivity index (χ2n) is 14.8. The predicted octanol–water partition coefficient (Wildman–Crippen LogP) is 2.44. The number of aromatic hydroxyl groups is 1. The molecule has 3 fully saturated rings. The Morgan fingerprint density at radius 2 is 1.56 bits per heavy atom. The average molecular weight is 721 g/mol. The molecule has 14 heteroatoms. The highest BCUT2D eigenvalue weighted by Crippen LogP contribution is 2.28. The number of aryl methyl sites for hydroxylation is 2. The fourth-order valence-corrected chi connectivity index (χ4v) is 8.57. The molecule has 4 aliphatic heterocycles. The van der Waals surface area contributed by atoms with Gasteiger partial charge in [0, 0.05) is 76.6 Å². The van der Waals surface area contributed by atoms with Crippen molar-refractivity contribution in [2.45, 2.75) is 82.9 Å². The van der Waals surface area contributed by atoms with Crippen molar-refractivity contribution in [3.8, 4) is 5.75 Å². The monoisotopic (exact) mass is 720 g/mol. The van der Waals surface area contributed by atoms with Crippen molar-refractivity contribution in [1.82, 2.24) is 14.7 Å². The number of nitrogens with one attached hydrogen (secondary N) is 2. The molecule has 1 atom stereocenters. The molecule has 0 aliphatic carbocycles. The molecule has 4 heterocycles. The quantitative estimate of drug-likeness (QED) is 0.274. The molecule has 3 saturated heterocycles. The normalized spacial score (nSPS) is 22.8. The number of nitrogens with zero attached hydrogens (tertiary/aromatic N) is 3. The molecule has 2 aromatic carbocycles. The van der Waals surface area contributed by atoms with Crippen LogP contribution in [0.2, 0.25) is 0 Å². The number of urea groups is 1. The van der Waals surface area contributed by atoms with Gasteiger partial charge in [-0.25, -0.2) is 14.4 Å². The highest BCUT2D eigenvalue weighted by molar-refractivity contribution is 5.91. The maximum Gasteiger partial charge on any atom is 0.410 e. The summed E-state index contributed by atoms with van der Waals surface area (Å²) in [6, 6.07) is 11.1. The van der Waals surface area contributed by atoms with Crippen molar-refractivity contribution in [1.29, 1.82) is 0 Å². The number of carboxylic acids is 2.